The third-order valence-corrected chi connectivity index (χ3v) is 2.38. The maximum Gasteiger partial charge on any atom is 0.0900 e. The van der Waals surface area contributed by atoms with Gasteiger partial charge in [0.25, 0.3) is 0 Å². The van der Waals surface area contributed by atoms with E-state index < -0.39 is 5.97 Å². The molecule has 1 aromatic heterocycles. The third-order valence-electron chi connectivity index (χ3n) is 2.38. The number of aryl methyl sites for hydroxylation is 1. The van der Waals surface area contributed by atoms with Gasteiger partial charge >= 0.3 is 0 Å². The summed E-state index contributed by atoms with van der Waals surface area (Å²) in [7, 11) is 0. The van der Waals surface area contributed by atoms with Crippen LogP contribution in [0.4, 0.5) is 0 Å². The number of carboxylic acid groups (broad SMARTS) is 1. The first-order valence-corrected chi connectivity index (χ1v) is 4.93. The van der Waals surface area contributed by atoms with Gasteiger partial charge in [-0.15, -0.1) is 0 Å². The van der Waals surface area contributed by atoms with E-state index >= 15 is 0 Å². The number of pyridine rings is 1. The fourth-order valence-corrected chi connectivity index (χ4v) is 1.56. The van der Waals surface area contributed by atoms with E-state index in [4.69, 9.17) is 0 Å². The highest BCUT2D eigenvalue weighted by molar-refractivity contribution is 5.84. The molecule has 16 heavy (non-hydrogen) atoms. The summed E-state index contributed by atoms with van der Waals surface area (Å²) >= 11 is 0. The molecule has 0 saturated carbocycles. The molecule has 0 amide bonds. The minimum Gasteiger partial charge on any atom is -0.543 e. The Kier molecular flexibility index (Phi) is 2.68. The second kappa shape index (κ2) is 4.14. The van der Waals surface area contributed by atoms with Gasteiger partial charge in [0.1, 0.15) is 0 Å². The Morgan fingerprint density at radius 2 is 1.88 bits per heavy atom. The number of carboxylic acids is 1. The first-order chi connectivity index (χ1) is 7.68. The van der Waals surface area contributed by atoms with Gasteiger partial charge in [0.2, 0.25) is 0 Å². The summed E-state index contributed by atoms with van der Waals surface area (Å²) in [6.45, 7) is 1.96. The maximum atomic E-state index is 10.7. The highest BCUT2D eigenvalue weighted by atomic mass is 16.4. The van der Waals surface area contributed by atoms with Gasteiger partial charge in [-0.25, -0.2) is 4.98 Å². The third kappa shape index (κ3) is 1.93. The number of aromatic nitrogens is 1. The van der Waals surface area contributed by atoms with Crippen molar-refractivity contribution in [3.8, 4) is 11.3 Å². The molecular weight excluding hydrogens is 202 g/mol. The van der Waals surface area contributed by atoms with Crippen LogP contribution in [0.25, 0.3) is 11.3 Å². The smallest absolute Gasteiger partial charge is 0.0900 e. The number of nitrogens with zero attached hydrogens (tertiary/aromatic N) is 1. The topological polar surface area (TPSA) is 53.0 Å². The van der Waals surface area contributed by atoms with E-state index in [1.807, 2.05) is 31.2 Å². The van der Waals surface area contributed by atoms with Crippen LogP contribution in [0.3, 0.4) is 0 Å². The van der Waals surface area contributed by atoms with Gasteiger partial charge in [0, 0.05) is 5.56 Å². The highest BCUT2D eigenvalue weighted by Gasteiger charge is 2.03. The molecule has 0 fully saturated rings. The van der Waals surface area contributed by atoms with Gasteiger partial charge in [0.15, 0.2) is 0 Å². The van der Waals surface area contributed by atoms with Crippen LogP contribution in [0.1, 0.15) is 16.1 Å². The number of aromatic carboxylic acids is 1. The van der Waals surface area contributed by atoms with Crippen LogP contribution in [0.5, 0.6) is 0 Å². The minimum atomic E-state index is -1.25. The molecule has 0 atom stereocenters. The Bertz CT molecular complexity index is 535. The lowest BCUT2D eigenvalue weighted by atomic mass is 10.1. The van der Waals surface area contributed by atoms with Crippen LogP contribution in [0.15, 0.2) is 42.5 Å². The number of benzene rings is 1. The number of hydrogen-bond donors (Lipinski definition) is 0. The van der Waals surface area contributed by atoms with Crippen molar-refractivity contribution < 1.29 is 9.90 Å². The Balaban J connectivity index is 2.53. The molecule has 2 aromatic rings. The fraction of sp³-hybridized carbons (Fsp3) is 0.0769. The van der Waals surface area contributed by atoms with Crippen molar-refractivity contribution in [2.45, 2.75) is 6.92 Å². The zero-order valence-corrected chi connectivity index (χ0v) is 8.81. The summed E-state index contributed by atoms with van der Waals surface area (Å²) in [4.78, 5) is 14.7. The lowest BCUT2D eigenvalue weighted by Gasteiger charge is -2.07. The van der Waals surface area contributed by atoms with E-state index in [9.17, 15) is 9.90 Å². The van der Waals surface area contributed by atoms with Crippen molar-refractivity contribution in [1.29, 1.82) is 0 Å². The molecule has 1 heterocycles. The van der Waals surface area contributed by atoms with Crippen LogP contribution in [-0.4, -0.2) is 11.0 Å². The largest absolute Gasteiger partial charge is 0.543 e. The Morgan fingerprint density at radius 1 is 1.12 bits per heavy atom. The molecule has 0 unspecified atom stereocenters. The summed E-state index contributed by atoms with van der Waals surface area (Å²) in [6, 6.07) is 12.6. The lowest BCUT2D eigenvalue weighted by molar-refractivity contribution is -0.255. The molecule has 0 bridgehead atoms. The van der Waals surface area contributed by atoms with Gasteiger partial charge < -0.3 is 9.90 Å². The maximum absolute atomic E-state index is 10.7. The number of carbonyl (C=O) groups excluding carboxylic acids is 1. The van der Waals surface area contributed by atoms with E-state index in [-0.39, 0.29) is 5.69 Å². The molecule has 3 heteroatoms. The van der Waals surface area contributed by atoms with Crippen LogP contribution < -0.4 is 5.11 Å². The molecule has 0 aliphatic heterocycles. The average molecular weight is 212 g/mol. The van der Waals surface area contributed by atoms with Gasteiger partial charge in [-0.2, -0.15) is 0 Å². The first-order valence-electron chi connectivity index (χ1n) is 4.93. The summed E-state index contributed by atoms with van der Waals surface area (Å²) in [6.07, 6.45) is 0. The highest BCUT2D eigenvalue weighted by Crippen LogP contribution is 2.20. The van der Waals surface area contributed by atoms with Gasteiger partial charge in [-0.1, -0.05) is 30.3 Å². The Morgan fingerprint density at radius 3 is 2.56 bits per heavy atom. The minimum absolute atomic E-state index is 0.0410. The van der Waals surface area contributed by atoms with E-state index in [2.05, 4.69) is 4.98 Å². The summed E-state index contributed by atoms with van der Waals surface area (Å²) in [5.41, 5.74) is 2.61. The van der Waals surface area contributed by atoms with Crippen molar-refractivity contribution in [3.63, 3.8) is 0 Å². The first kappa shape index (κ1) is 10.4. The zero-order chi connectivity index (χ0) is 11.5. The average Bonchev–Trinajstić information content (AvgIpc) is 2.30. The molecule has 1 aromatic carbocycles. The van der Waals surface area contributed by atoms with Crippen molar-refractivity contribution in [1.82, 2.24) is 4.98 Å². The second-order valence-corrected chi connectivity index (χ2v) is 3.51. The van der Waals surface area contributed by atoms with Crippen molar-refractivity contribution >= 4 is 5.97 Å². The van der Waals surface area contributed by atoms with Crippen LogP contribution >= 0.6 is 0 Å². The van der Waals surface area contributed by atoms with Crippen molar-refractivity contribution in [2.24, 2.45) is 0 Å². The van der Waals surface area contributed by atoms with Gasteiger partial charge in [0.05, 0.1) is 17.4 Å². The molecule has 2 rings (SSSR count). The van der Waals surface area contributed by atoms with Crippen molar-refractivity contribution in [3.05, 3.63) is 53.7 Å². The monoisotopic (exact) mass is 212 g/mol. The Labute approximate surface area is 93.4 Å². The van der Waals surface area contributed by atoms with Gasteiger partial charge in [-0.3, -0.25) is 0 Å². The van der Waals surface area contributed by atoms with Crippen LogP contribution in [-0.2, 0) is 0 Å². The molecule has 0 spiro atoms. The van der Waals surface area contributed by atoms with Crippen LogP contribution in [0, 0.1) is 6.92 Å². The number of hydrogen-bond acceptors (Lipinski definition) is 3. The molecule has 0 N–H and O–H groups in total. The quantitative estimate of drug-likeness (QED) is 0.756. The summed E-state index contributed by atoms with van der Waals surface area (Å²) in [5, 5.41) is 10.7. The predicted octanol–water partition coefficient (Wildman–Crippen LogP) is 1.42. The molecular formula is C13H10NO2-. The molecule has 3 nitrogen and oxygen atoms in total. The summed E-state index contributed by atoms with van der Waals surface area (Å²) in [5.74, 6) is -1.25. The van der Waals surface area contributed by atoms with E-state index in [1.165, 1.54) is 6.07 Å². The van der Waals surface area contributed by atoms with Gasteiger partial charge in [-0.05, 0) is 24.6 Å². The Hall–Kier alpha value is -2.16. The zero-order valence-electron chi connectivity index (χ0n) is 8.81. The summed E-state index contributed by atoms with van der Waals surface area (Å²) < 4.78 is 0. The normalized spacial score (nSPS) is 10.1. The van der Waals surface area contributed by atoms with E-state index in [0.29, 0.717) is 5.69 Å². The molecule has 0 radical (unpaired) electrons. The standard InChI is InChI=1S/C13H11NO2/c1-9-5-2-3-6-10(9)11-7-4-8-12(14-11)13(15)16/h2-8H,1H3,(H,15,16)/p-1. The SMILES string of the molecule is Cc1ccccc1-c1cccc(C(=O)[O-])n1. The predicted molar refractivity (Wildman–Crippen MR) is 58.7 cm³/mol. The molecule has 80 valence electrons. The van der Waals surface area contributed by atoms with E-state index in [1.54, 1.807) is 12.1 Å². The number of rotatable bonds is 2. The molecule has 0 aliphatic carbocycles. The fourth-order valence-electron chi connectivity index (χ4n) is 1.56. The molecule has 0 saturated heterocycles. The van der Waals surface area contributed by atoms with Crippen molar-refractivity contribution in [2.75, 3.05) is 0 Å². The second-order valence-electron chi connectivity index (χ2n) is 3.51. The molecule has 0 aliphatic rings. The number of carbonyl (C=O) groups is 1. The van der Waals surface area contributed by atoms with E-state index in [0.717, 1.165) is 11.1 Å². The lowest BCUT2D eigenvalue weighted by Crippen LogP contribution is -2.23. The van der Waals surface area contributed by atoms with Crippen LogP contribution in [0.2, 0.25) is 0 Å².